The second-order valence-corrected chi connectivity index (χ2v) is 8.53. The molecular weight excluding hydrogens is 401 g/mol. The van der Waals surface area contributed by atoms with Crippen LogP contribution in [0.1, 0.15) is 5.69 Å². The number of aromatic nitrogens is 2. The van der Waals surface area contributed by atoms with Crippen LogP contribution in [0.25, 0.3) is 11.5 Å². The molecule has 0 unspecified atom stereocenters. The van der Waals surface area contributed by atoms with Crippen LogP contribution in [0.5, 0.6) is 0 Å². The van der Waals surface area contributed by atoms with Crippen LogP contribution in [0.2, 0.25) is 0 Å². The van der Waals surface area contributed by atoms with E-state index < -0.39 is 10.0 Å². The van der Waals surface area contributed by atoms with Gasteiger partial charge in [-0.3, -0.25) is 0 Å². The minimum absolute atomic E-state index is 0.0462. The van der Waals surface area contributed by atoms with E-state index in [4.69, 9.17) is 4.42 Å². The van der Waals surface area contributed by atoms with Crippen molar-refractivity contribution < 1.29 is 17.2 Å². The zero-order chi connectivity index (χ0) is 19.6. The van der Waals surface area contributed by atoms with Crippen molar-refractivity contribution in [1.29, 1.82) is 0 Å². The van der Waals surface area contributed by atoms with Gasteiger partial charge in [0.1, 0.15) is 17.8 Å². The fourth-order valence-electron chi connectivity index (χ4n) is 2.57. The molecule has 0 saturated carbocycles. The van der Waals surface area contributed by atoms with Gasteiger partial charge in [0.05, 0.1) is 11.4 Å². The van der Waals surface area contributed by atoms with E-state index in [9.17, 15) is 12.8 Å². The molecule has 0 spiro atoms. The quantitative estimate of drug-likeness (QED) is 0.468. The number of hydrogen-bond donors (Lipinski definition) is 0. The number of thiazole rings is 1. The summed E-state index contributed by atoms with van der Waals surface area (Å²) >= 11 is 1.21. The summed E-state index contributed by atoms with van der Waals surface area (Å²) in [7, 11) is -3.83. The van der Waals surface area contributed by atoms with Crippen LogP contribution in [0.4, 0.5) is 9.52 Å². The average Bonchev–Trinajstić information content (AvgIpc) is 3.39. The first kappa shape index (κ1) is 18.3. The number of hydrogen-bond acceptors (Lipinski definition) is 6. The zero-order valence-corrected chi connectivity index (χ0v) is 16.0. The van der Waals surface area contributed by atoms with Crippen molar-refractivity contribution >= 4 is 26.5 Å². The summed E-state index contributed by atoms with van der Waals surface area (Å²) in [5, 5.41) is 2.03. The van der Waals surface area contributed by atoms with Gasteiger partial charge >= 0.3 is 0 Å². The van der Waals surface area contributed by atoms with Gasteiger partial charge in [-0.1, -0.05) is 18.2 Å². The van der Waals surface area contributed by atoms with Crippen LogP contribution in [0, 0.1) is 5.82 Å². The van der Waals surface area contributed by atoms with Crippen LogP contribution in [0.3, 0.4) is 0 Å². The SMILES string of the molecule is O=S(=O)(c1ccccc1)N(Cc1coc(-c2ccc(F)cc2)n1)c1nccs1. The molecule has 28 heavy (non-hydrogen) atoms. The summed E-state index contributed by atoms with van der Waals surface area (Å²) in [6.45, 7) is -0.0462. The third-order valence-corrected chi connectivity index (χ3v) is 6.57. The smallest absolute Gasteiger partial charge is 0.266 e. The van der Waals surface area contributed by atoms with Gasteiger partial charge in [-0.25, -0.2) is 27.1 Å². The first-order chi connectivity index (χ1) is 13.5. The summed E-state index contributed by atoms with van der Waals surface area (Å²) < 4.78 is 46.0. The lowest BCUT2D eigenvalue weighted by Crippen LogP contribution is -2.30. The van der Waals surface area contributed by atoms with Crippen molar-refractivity contribution in [3.63, 3.8) is 0 Å². The molecule has 4 rings (SSSR count). The molecule has 4 aromatic rings. The van der Waals surface area contributed by atoms with E-state index in [0.29, 0.717) is 16.4 Å². The Morgan fingerprint density at radius 1 is 1.07 bits per heavy atom. The maximum atomic E-state index is 13.1. The fourth-order valence-corrected chi connectivity index (χ4v) is 4.85. The lowest BCUT2D eigenvalue weighted by atomic mass is 10.2. The predicted molar refractivity (Wildman–Crippen MR) is 104 cm³/mol. The third-order valence-electron chi connectivity index (χ3n) is 3.91. The number of oxazole rings is 1. The van der Waals surface area contributed by atoms with Gasteiger partial charge in [0.15, 0.2) is 5.13 Å². The minimum Gasteiger partial charge on any atom is -0.444 e. The summed E-state index contributed by atoms with van der Waals surface area (Å²) in [5.41, 5.74) is 1.01. The summed E-state index contributed by atoms with van der Waals surface area (Å²) in [4.78, 5) is 8.65. The number of rotatable bonds is 6. The molecule has 0 saturated heterocycles. The summed E-state index contributed by atoms with van der Waals surface area (Å²) in [6, 6.07) is 13.8. The van der Waals surface area contributed by atoms with E-state index in [1.807, 2.05) is 0 Å². The molecule has 0 radical (unpaired) electrons. The highest BCUT2D eigenvalue weighted by molar-refractivity contribution is 7.93. The number of anilines is 1. The van der Waals surface area contributed by atoms with Gasteiger partial charge in [-0.05, 0) is 36.4 Å². The van der Waals surface area contributed by atoms with Crippen LogP contribution in [0.15, 0.2) is 81.8 Å². The van der Waals surface area contributed by atoms with E-state index in [0.717, 1.165) is 0 Å². The van der Waals surface area contributed by atoms with Gasteiger partial charge in [-0.15, -0.1) is 11.3 Å². The number of halogens is 1. The molecule has 0 bridgehead atoms. The van der Waals surface area contributed by atoms with Crippen molar-refractivity contribution in [3.8, 4) is 11.5 Å². The highest BCUT2D eigenvalue weighted by Gasteiger charge is 2.28. The largest absolute Gasteiger partial charge is 0.444 e. The Morgan fingerprint density at radius 2 is 1.82 bits per heavy atom. The predicted octanol–water partition coefficient (Wildman–Crippen LogP) is 4.33. The monoisotopic (exact) mass is 415 g/mol. The van der Waals surface area contributed by atoms with Gasteiger partial charge < -0.3 is 4.42 Å². The molecule has 0 aliphatic carbocycles. The third kappa shape index (κ3) is 3.67. The van der Waals surface area contributed by atoms with E-state index in [1.54, 1.807) is 41.9 Å². The van der Waals surface area contributed by atoms with Crippen LogP contribution >= 0.6 is 11.3 Å². The Bertz CT molecular complexity index is 1160. The molecule has 142 valence electrons. The Balaban J connectivity index is 1.67. The second kappa shape index (κ2) is 7.53. The number of nitrogens with zero attached hydrogens (tertiary/aromatic N) is 3. The van der Waals surface area contributed by atoms with Gasteiger partial charge in [0, 0.05) is 17.1 Å². The topological polar surface area (TPSA) is 76.3 Å². The van der Waals surface area contributed by atoms with Crippen molar-refractivity contribution in [2.75, 3.05) is 4.31 Å². The van der Waals surface area contributed by atoms with Crippen molar-refractivity contribution in [3.05, 3.63) is 83.9 Å². The van der Waals surface area contributed by atoms with Gasteiger partial charge in [0.2, 0.25) is 5.89 Å². The van der Waals surface area contributed by atoms with Crippen molar-refractivity contribution in [1.82, 2.24) is 9.97 Å². The molecular formula is C19H14FN3O3S2. The summed E-state index contributed by atoms with van der Waals surface area (Å²) in [5.74, 6) is -0.0781. The van der Waals surface area contributed by atoms with E-state index in [1.165, 1.54) is 46.2 Å². The molecule has 0 amide bonds. The molecule has 0 atom stereocenters. The molecule has 0 fully saturated rings. The zero-order valence-electron chi connectivity index (χ0n) is 14.4. The Morgan fingerprint density at radius 3 is 2.50 bits per heavy atom. The van der Waals surface area contributed by atoms with Gasteiger partial charge in [-0.2, -0.15) is 0 Å². The minimum atomic E-state index is -3.83. The van der Waals surface area contributed by atoms with Crippen LogP contribution in [-0.4, -0.2) is 18.4 Å². The van der Waals surface area contributed by atoms with E-state index in [-0.39, 0.29) is 23.1 Å². The highest BCUT2D eigenvalue weighted by Crippen LogP contribution is 2.28. The Kier molecular flexibility index (Phi) is 4.93. The lowest BCUT2D eigenvalue weighted by Gasteiger charge is -2.20. The van der Waals surface area contributed by atoms with Crippen molar-refractivity contribution in [2.45, 2.75) is 11.4 Å². The van der Waals surface area contributed by atoms with Gasteiger partial charge in [0.25, 0.3) is 10.0 Å². The maximum Gasteiger partial charge on any atom is 0.266 e. The summed E-state index contributed by atoms with van der Waals surface area (Å²) in [6.07, 6.45) is 2.93. The standard InChI is InChI=1S/C19H14FN3O3S2/c20-15-8-6-14(7-9-15)18-22-16(13-26-18)12-23(19-21-10-11-27-19)28(24,25)17-4-2-1-3-5-17/h1-11,13H,12H2. The lowest BCUT2D eigenvalue weighted by molar-refractivity contribution is 0.571. The highest BCUT2D eigenvalue weighted by atomic mass is 32.2. The molecule has 0 N–H and O–H groups in total. The molecule has 2 heterocycles. The van der Waals surface area contributed by atoms with Crippen LogP contribution < -0.4 is 4.31 Å². The van der Waals surface area contributed by atoms with Crippen LogP contribution in [-0.2, 0) is 16.6 Å². The first-order valence-corrected chi connectivity index (χ1v) is 10.5. The number of benzene rings is 2. The Labute approximate surface area is 165 Å². The fraction of sp³-hybridized carbons (Fsp3) is 0.0526. The maximum absolute atomic E-state index is 13.1. The normalized spacial score (nSPS) is 11.5. The number of sulfonamides is 1. The van der Waals surface area contributed by atoms with E-state index >= 15 is 0 Å². The molecule has 9 heteroatoms. The van der Waals surface area contributed by atoms with E-state index in [2.05, 4.69) is 9.97 Å². The molecule has 2 aromatic heterocycles. The average molecular weight is 415 g/mol. The second-order valence-electron chi connectivity index (χ2n) is 5.79. The Hall–Kier alpha value is -3.04. The molecule has 2 aromatic carbocycles. The molecule has 0 aliphatic heterocycles. The molecule has 6 nitrogen and oxygen atoms in total. The van der Waals surface area contributed by atoms with Crippen molar-refractivity contribution in [2.24, 2.45) is 0 Å². The molecule has 0 aliphatic rings. The first-order valence-electron chi connectivity index (χ1n) is 8.22.